The van der Waals surface area contributed by atoms with Gasteiger partial charge in [0, 0.05) is 28.5 Å². The van der Waals surface area contributed by atoms with Gasteiger partial charge in [-0.1, -0.05) is 18.2 Å². The molecule has 2 atom stereocenters. The van der Waals surface area contributed by atoms with Gasteiger partial charge in [0.2, 0.25) is 0 Å². The predicted octanol–water partition coefficient (Wildman–Crippen LogP) is 4.36. The molecule has 3 aliphatic carbocycles. The van der Waals surface area contributed by atoms with E-state index in [4.69, 9.17) is 0 Å². The molecule has 2 bridgehead atoms. The van der Waals surface area contributed by atoms with E-state index in [1.807, 2.05) is 12.2 Å². The molecule has 3 heteroatoms. The zero-order chi connectivity index (χ0) is 12.9. The zero-order valence-electron chi connectivity index (χ0n) is 9.85. The second-order valence-corrected chi connectivity index (χ2v) is 4.92. The first kappa shape index (κ1) is 11.6. The highest BCUT2D eigenvalue weighted by Crippen LogP contribution is 2.48. The van der Waals surface area contributed by atoms with Crippen LogP contribution in [0.2, 0.25) is 0 Å². The van der Waals surface area contributed by atoms with E-state index in [0.717, 1.165) is 12.8 Å². The lowest BCUT2D eigenvalue weighted by Crippen LogP contribution is -2.23. The van der Waals surface area contributed by atoms with Crippen LogP contribution in [0, 0.1) is 17.5 Å². The molecule has 0 aliphatic heterocycles. The number of rotatable bonds is 2. The van der Waals surface area contributed by atoms with E-state index in [2.05, 4.69) is 6.58 Å². The first-order chi connectivity index (χ1) is 8.65. The van der Waals surface area contributed by atoms with Crippen LogP contribution in [0.4, 0.5) is 13.2 Å². The van der Waals surface area contributed by atoms with E-state index in [1.165, 1.54) is 6.08 Å². The Balaban J connectivity index is 2.30. The molecular weight excluding hydrogens is 237 g/mol. The molecule has 18 heavy (non-hydrogen) atoms. The van der Waals surface area contributed by atoms with Gasteiger partial charge in [-0.3, -0.25) is 0 Å². The fourth-order valence-corrected chi connectivity index (χ4v) is 3.10. The Morgan fingerprint density at radius 3 is 2.06 bits per heavy atom. The average molecular weight is 250 g/mol. The molecule has 4 rings (SSSR count). The number of fused-ring (bicyclic) bond motifs is 1. The van der Waals surface area contributed by atoms with Crippen LogP contribution >= 0.6 is 0 Å². The van der Waals surface area contributed by atoms with Crippen LogP contribution in [-0.2, 0) is 6.42 Å². The standard InChI is InChI=1S/C15H13F3/c1-2-3-10-13(16)11-8-4-6-9(7-5-8)12(11)15(18)14(10)17/h2,4,6,8-9H,1,3,5,7H2. The summed E-state index contributed by atoms with van der Waals surface area (Å²) in [5, 5.41) is 0. The maximum absolute atomic E-state index is 14.4. The highest BCUT2D eigenvalue weighted by atomic mass is 19.2. The molecule has 94 valence electrons. The van der Waals surface area contributed by atoms with Gasteiger partial charge in [0.25, 0.3) is 0 Å². The summed E-state index contributed by atoms with van der Waals surface area (Å²) in [6.07, 6.45) is 6.77. The molecule has 0 radical (unpaired) electrons. The number of allylic oxidation sites excluding steroid dienone is 3. The van der Waals surface area contributed by atoms with Gasteiger partial charge in [-0.25, -0.2) is 13.2 Å². The number of hydrogen-bond acceptors (Lipinski definition) is 0. The maximum atomic E-state index is 14.4. The Morgan fingerprint density at radius 2 is 1.56 bits per heavy atom. The van der Waals surface area contributed by atoms with Crippen molar-refractivity contribution in [2.75, 3.05) is 0 Å². The number of benzene rings is 1. The molecule has 0 fully saturated rings. The van der Waals surface area contributed by atoms with Crippen LogP contribution in [0.3, 0.4) is 0 Å². The lowest BCUT2D eigenvalue weighted by molar-refractivity contribution is 0.430. The first-order valence-corrected chi connectivity index (χ1v) is 6.13. The zero-order valence-corrected chi connectivity index (χ0v) is 9.85. The monoisotopic (exact) mass is 250 g/mol. The minimum absolute atomic E-state index is 0.0168. The Bertz CT molecular complexity index is 558. The largest absolute Gasteiger partial charge is 0.206 e. The fraction of sp³-hybridized carbons (Fsp3) is 0.333. The van der Waals surface area contributed by atoms with Gasteiger partial charge >= 0.3 is 0 Å². The summed E-state index contributed by atoms with van der Waals surface area (Å²) in [5.41, 5.74) is 0.406. The van der Waals surface area contributed by atoms with Gasteiger partial charge in [-0.05, 0) is 19.3 Å². The summed E-state index contributed by atoms with van der Waals surface area (Å²) in [6, 6.07) is 0. The minimum Gasteiger partial charge on any atom is -0.206 e. The lowest BCUT2D eigenvalue weighted by atomic mass is 9.70. The molecule has 3 aliphatic rings. The van der Waals surface area contributed by atoms with Crippen molar-refractivity contribution in [2.24, 2.45) is 0 Å². The Morgan fingerprint density at radius 1 is 1.00 bits per heavy atom. The third-order valence-corrected chi connectivity index (χ3v) is 3.94. The molecule has 0 saturated heterocycles. The summed E-state index contributed by atoms with van der Waals surface area (Å²) >= 11 is 0. The third kappa shape index (κ3) is 1.39. The summed E-state index contributed by atoms with van der Waals surface area (Å²) in [7, 11) is 0. The molecule has 1 aromatic rings. The SMILES string of the molecule is C=CCc1c(F)c(F)c2c(c1F)C1C=CC2CC1. The van der Waals surface area contributed by atoms with Gasteiger partial charge in [-0.2, -0.15) is 0 Å². The van der Waals surface area contributed by atoms with Crippen molar-refractivity contribution < 1.29 is 13.2 Å². The van der Waals surface area contributed by atoms with Crippen molar-refractivity contribution in [1.29, 1.82) is 0 Å². The number of hydrogen-bond donors (Lipinski definition) is 0. The number of halogens is 3. The van der Waals surface area contributed by atoms with Crippen LogP contribution < -0.4 is 0 Å². The molecule has 2 unspecified atom stereocenters. The first-order valence-electron chi connectivity index (χ1n) is 6.13. The molecule has 0 nitrogen and oxygen atoms in total. The van der Waals surface area contributed by atoms with Crippen molar-refractivity contribution in [1.82, 2.24) is 0 Å². The molecule has 0 N–H and O–H groups in total. The van der Waals surface area contributed by atoms with E-state index >= 15 is 0 Å². The molecular formula is C15H13F3. The molecule has 0 amide bonds. The van der Waals surface area contributed by atoms with Crippen LogP contribution in [-0.4, -0.2) is 0 Å². The van der Waals surface area contributed by atoms with E-state index in [0.29, 0.717) is 5.56 Å². The van der Waals surface area contributed by atoms with Crippen molar-refractivity contribution >= 4 is 0 Å². The Hall–Kier alpha value is -1.51. The van der Waals surface area contributed by atoms with Gasteiger partial charge in [0.15, 0.2) is 11.6 Å². The second-order valence-electron chi connectivity index (χ2n) is 4.92. The minimum atomic E-state index is -1.05. The third-order valence-electron chi connectivity index (χ3n) is 3.94. The Kier molecular flexibility index (Phi) is 2.58. The average Bonchev–Trinajstić information content (AvgIpc) is 2.41. The van der Waals surface area contributed by atoms with Crippen LogP contribution in [0.25, 0.3) is 0 Å². The quantitative estimate of drug-likeness (QED) is 0.540. The molecule has 0 spiro atoms. The van der Waals surface area contributed by atoms with Gasteiger partial charge in [0.05, 0.1) is 0 Å². The summed E-state index contributed by atoms with van der Waals surface area (Å²) in [6.45, 7) is 3.46. The van der Waals surface area contributed by atoms with E-state index in [9.17, 15) is 13.2 Å². The van der Waals surface area contributed by atoms with Gasteiger partial charge < -0.3 is 0 Å². The lowest BCUT2D eigenvalue weighted by Gasteiger charge is -2.34. The normalized spacial score (nSPS) is 24.2. The van der Waals surface area contributed by atoms with Crippen LogP contribution in [0.5, 0.6) is 0 Å². The molecule has 0 aromatic heterocycles. The Labute approximate surface area is 104 Å². The van der Waals surface area contributed by atoms with Crippen LogP contribution in [0.1, 0.15) is 41.4 Å². The van der Waals surface area contributed by atoms with Crippen molar-refractivity contribution in [3.63, 3.8) is 0 Å². The molecule has 0 heterocycles. The summed E-state index contributed by atoms with van der Waals surface area (Å²) in [5.74, 6) is -2.78. The highest BCUT2D eigenvalue weighted by molar-refractivity contribution is 5.49. The van der Waals surface area contributed by atoms with E-state index in [-0.39, 0.29) is 29.4 Å². The maximum Gasteiger partial charge on any atom is 0.165 e. The van der Waals surface area contributed by atoms with Crippen molar-refractivity contribution in [3.05, 3.63) is 58.9 Å². The predicted molar refractivity (Wildman–Crippen MR) is 64.1 cm³/mol. The summed E-state index contributed by atoms with van der Waals surface area (Å²) < 4.78 is 42.3. The fourth-order valence-electron chi connectivity index (χ4n) is 3.10. The smallest absolute Gasteiger partial charge is 0.165 e. The van der Waals surface area contributed by atoms with Crippen molar-refractivity contribution in [2.45, 2.75) is 31.1 Å². The molecule has 1 aromatic carbocycles. The summed E-state index contributed by atoms with van der Waals surface area (Å²) in [4.78, 5) is 0. The van der Waals surface area contributed by atoms with Gasteiger partial charge in [-0.15, -0.1) is 6.58 Å². The van der Waals surface area contributed by atoms with Crippen LogP contribution in [0.15, 0.2) is 24.8 Å². The van der Waals surface area contributed by atoms with Gasteiger partial charge in [0.1, 0.15) is 5.82 Å². The highest BCUT2D eigenvalue weighted by Gasteiger charge is 2.37. The van der Waals surface area contributed by atoms with E-state index in [1.54, 1.807) is 0 Å². The van der Waals surface area contributed by atoms with Crippen molar-refractivity contribution in [3.8, 4) is 0 Å². The second kappa shape index (κ2) is 4.01. The van der Waals surface area contributed by atoms with E-state index < -0.39 is 17.5 Å². The topological polar surface area (TPSA) is 0 Å². The molecule has 0 saturated carbocycles.